The van der Waals surface area contributed by atoms with Gasteiger partial charge in [0.25, 0.3) is 0 Å². The smallest absolute Gasteiger partial charge is 0.317 e. The molecule has 0 unspecified atom stereocenters. The average Bonchev–Trinajstić information content (AvgIpc) is 2.31. The SMILES string of the molecule is Cc1ccc(OCNC(=O)NC(C)(C)CO)c(C)c1. The van der Waals surface area contributed by atoms with Gasteiger partial charge in [-0.3, -0.25) is 0 Å². The van der Waals surface area contributed by atoms with Crippen LogP contribution < -0.4 is 15.4 Å². The van der Waals surface area contributed by atoms with Crippen LogP contribution in [0.4, 0.5) is 4.79 Å². The summed E-state index contributed by atoms with van der Waals surface area (Å²) in [4.78, 5) is 11.5. The highest BCUT2D eigenvalue weighted by atomic mass is 16.5. The van der Waals surface area contributed by atoms with Gasteiger partial charge < -0.3 is 20.5 Å². The van der Waals surface area contributed by atoms with Crippen molar-refractivity contribution in [2.24, 2.45) is 0 Å². The zero-order valence-electron chi connectivity index (χ0n) is 11.9. The molecule has 0 saturated carbocycles. The molecule has 3 N–H and O–H groups in total. The van der Waals surface area contributed by atoms with E-state index in [4.69, 9.17) is 9.84 Å². The van der Waals surface area contributed by atoms with Crippen LogP contribution in [0.15, 0.2) is 18.2 Å². The van der Waals surface area contributed by atoms with Gasteiger partial charge in [-0.05, 0) is 39.3 Å². The number of urea groups is 1. The van der Waals surface area contributed by atoms with Crippen molar-refractivity contribution in [3.05, 3.63) is 29.3 Å². The first-order valence-corrected chi connectivity index (χ1v) is 6.21. The lowest BCUT2D eigenvalue weighted by molar-refractivity contribution is 0.176. The minimum Gasteiger partial charge on any atom is -0.473 e. The molecule has 0 saturated heterocycles. The second-order valence-corrected chi connectivity index (χ2v) is 5.23. The number of rotatable bonds is 5. The van der Waals surface area contributed by atoms with Crippen LogP contribution in [0, 0.1) is 13.8 Å². The number of aryl methyl sites for hydroxylation is 2. The third-order valence-electron chi connectivity index (χ3n) is 2.64. The van der Waals surface area contributed by atoms with Crippen molar-refractivity contribution in [2.75, 3.05) is 13.3 Å². The molecule has 0 atom stereocenters. The Morgan fingerprint density at radius 3 is 2.63 bits per heavy atom. The number of hydrogen-bond donors (Lipinski definition) is 3. The number of ether oxygens (including phenoxy) is 1. The summed E-state index contributed by atoms with van der Waals surface area (Å²) in [6.45, 7) is 7.39. The number of aliphatic hydroxyl groups excluding tert-OH is 1. The molecule has 0 aliphatic rings. The summed E-state index contributed by atoms with van der Waals surface area (Å²) < 4.78 is 5.48. The molecule has 5 nitrogen and oxygen atoms in total. The minimum absolute atomic E-state index is 0.0806. The number of carbonyl (C=O) groups is 1. The van der Waals surface area contributed by atoms with Gasteiger partial charge in [-0.15, -0.1) is 0 Å². The first-order chi connectivity index (χ1) is 8.84. The molecule has 0 radical (unpaired) electrons. The van der Waals surface area contributed by atoms with E-state index >= 15 is 0 Å². The molecule has 106 valence electrons. The highest BCUT2D eigenvalue weighted by Gasteiger charge is 2.18. The van der Waals surface area contributed by atoms with Crippen LogP contribution in [0.5, 0.6) is 5.75 Å². The number of benzene rings is 1. The molecule has 1 aromatic rings. The Labute approximate surface area is 114 Å². The van der Waals surface area contributed by atoms with Crippen LogP contribution >= 0.6 is 0 Å². The summed E-state index contributed by atoms with van der Waals surface area (Å²) in [7, 11) is 0. The van der Waals surface area contributed by atoms with Crippen LogP contribution in [0.1, 0.15) is 25.0 Å². The zero-order chi connectivity index (χ0) is 14.5. The van der Waals surface area contributed by atoms with E-state index in [0.29, 0.717) is 0 Å². The highest BCUT2D eigenvalue weighted by molar-refractivity contribution is 5.74. The van der Waals surface area contributed by atoms with Crippen molar-refractivity contribution >= 4 is 6.03 Å². The molecule has 0 aromatic heterocycles. The lowest BCUT2D eigenvalue weighted by Crippen LogP contribution is -2.51. The summed E-state index contributed by atoms with van der Waals surface area (Å²) in [5.74, 6) is 0.743. The molecule has 5 heteroatoms. The Hall–Kier alpha value is -1.75. The predicted molar refractivity (Wildman–Crippen MR) is 74.2 cm³/mol. The van der Waals surface area contributed by atoms with Crippen LogP contribution in [0.2, 0.25) is 0 Å². The third-order valence-corrected chi connectivity index (χ3v) is 2.64. The average molecular weight is 266 g/mol. The standard InChI is InChI=1S/C14H22N2O3/c1-10-5-6-12(11(2)7-10)19-9-15-13(18)16-14(3,4)8-17/h5-7,17H,8-9H2,1-4H3,(H2,15,16,18). The Morgan fingerprint density at radius 2 is 2.05 bits per heavy atom. The largest absolute Gasteiger partial charge is 0.473 e. The van der Waals surface area contributed by atoms with Gasteiger partial charge >= 0.3 is 6.03 Å². The molecule has 0 fully saturated rings. The Balaban J connectivity index is 2.40. The lowest BCUT2D eigenvalue weighted by atomic mass is 10.1. The first-order valence-electron chi connectivity index (χ1n) is 6.21. The van der Waals surface area contributed by atoms with Crippen molar-refractivity contribution in [3.8, 4) is 5.75 Å². The monoisotopic (exact) mass is 266 g/mol. The molecular weight excluding hydrogens is 244 g/mol. The molecule has 0 spiro atoms. The summed E-state index contributed by atoms with van der Waals surface area (Å²) in [5, 5.41) is 14.3. The Kier molecular flexibility index (Phi) is 5.18. The number of hydrogen-bond acceptors (Lipinski definition) is 3. The summed E-state index contributed by atoms with van der Waals surface area (Å²) in [6.07, 6.45) is 0. The van der Waals surface area contributed by atoms with E-state index < -0.39 is 5.54 Å². The zero-order valence-corrected chi connectivity index (χ0v) is 11.9. The van der Waals surface area contributed by atoms with Crippen LogP contribution in [-0.2, 0) is 0 Å². The minimum atomic E-state index is -0.649. The van der Waals surface area contributed by atoms with Crippen molar-refractivity contribution in [2.45, 2.75) is 33.2 Å². The van der Waals surface area contributed by atoms with Crippen LogP contribution in [-0.4, -0.2) is 30.0 Å². The second-order valence-electron chi connectivity index (χ2n) is 5.23. The normalized spacial score (nSPS) is 11.0. The second kappa shape index (κ2) is 6.43. The van der Waals surface area contributed by atoms with E-state index in [-0.39, 0.29) is 19.4 Å². The quantitative estimate of drug-likeness (QED) is 0.711. The van der Waals surface area contributed by atoms with Crippen LogP contribution in [0.25, 0.3) is 0 Å². The number of amides is 2. The molecule has 0 bridgehead atoms. The van der Waals surface area contributed by atoms with Gasteiger partial charge in [0.2, 0.25) is 0 Å². The Bertz CT molecular complexity index is 444. The van der Waals surface area contributed by atoms with Gasteiger partial charge in [-0.1, -0.05) is 17.7 Å². The van der Waals surface area contributed by atoms with E-state index in [1.54, 1.807) is 13.8 Å². The van der Waals surface area contributed by atoms with Crippen molar-refractivity contribution in [1.82, 2.24) is 10.6 Å². The lowest BCUT2D eigenvalue weighted by Gasteiger charge is -2.23. The molecule has 0 aliphatic heterocycles. The van der Waals surface area contributed by atoms with E-state index in [1.807, 2.05) is 32.0 Å². The maximum absolute atomic E-state index is 11.5. The Morgan fingerprint density at radius 1 is 1.37 bits per heavy atom. The predicted octanol–water partition coefficient (Wildman–Crippen LogP) is 1.71. The number of nitrogens with one attached hydrogen (secondary N) is 2. The molecule has 0 heterocycles. The molecular formula is C14H22N2O3. The fourth-order valence-electron chi connectivity index (χ4n) is 1.53. The van der Waals surface area contributed by atoms with Gasteiger partial charge in [0.15, 0.2) is 6.73 Å². The fourth-order valence-corrected chi connectivity index (χ4v) is 1.53. The number of carbonyl (C=O) groups excluding carboxylic acids is 1. The summed E-state index contributed by atoms with van der Waals surface area (Å²) >= 11 is 0. The van der Waals surface area contributed by atoms with E-state index in [2.05, 4.69) is 10.6 Å². The van der Waals surface area contributed by atoms with E-state index in [0.717, 1.165) is 11.3 Å². The van der Waals surface area contributed by atoms with Gasteiger partial charge in [-0.2, -0.15) is 0 Å². The van der Waals surface area contributed by atoms with Gasteiger partial charge in [0.1, 0.15) is 5.75 Å². The number of aliphatic hydroxyl groups is 1. The van der Waals surface area contributed by atoms with E-state index in [9.17, 15) is 4.79 Å². The molecule has 0 aliphatic carbocycles. The topological polar surface area (TPSA) is 70.6 Å². The highest BCUT2D eigenvalue weighted by Crippen LogP contribution is 2.18. The summed E-state index contributed by atoms with van der Waals surface area (Å²) in [6, 6.07) is 5.48. The van der Waals surface area contributed by atoms with Gasteiger partial charge in [0, 0.05) is 0 Å². The third kappa shape index (κ3) is 5.18. The van der Waals surface area contributed by atoms with Crippen LogP contribution in [0.3, 0.4) is 0 Å². The van der Waals surface area contributed by atoms with E-state index in [1.165, 1.54) is 5.56 Å². The van der Waals surface area contributed by atoms with Gasteiger partial charge in [0.05, 0.1) is 12.1 Å². The first kappa shape index (κ1) is 15.3. The van der Waals surface area contributed by atoms with Crippen molar-refractivity contribution in [3.63, 3.8) is 0 Å². The van der Waals surface area contributed by atoms with Gasteiger partial charge in [-0.25, -0.2) is 4.79 Å². The molecule has 1 rings (SSSR count). The molecule has 19 heavy (non-hydrogen) atoms. The maximum Gasteiger partial charge on any atom is 0.317 e. The summed E-state index contributed by atoms with van der Waals surface area (Å²) in [5.41, 5.74) is 1.54. The maximum atomic E-state index is 11.5. The molecule has 2 amide bonds. The van der Waals surface area contributed by atoms with Crippen molar-refractivity contribution < 1.29 is 14.6 Å². The molecule has 1 aromatic carbocycles. The fraction of sp³-hybridized carbons (Fsp3) is 0.500. The van der Waals surface area contributed by atoms with Crippen molar-refractivity contribution in [1.29, 1.82) is 0 Å².